The molecule has 0 saturated carbocycles. The van der Waals surface area contributed by atoms with Crippen molar-refractivity contribution < 1.29 is 0 Å². The molecule has 0 radical (unpaired) electrons. The standard InChI is InChI=1S/C13H18N4/c14-12-4-3-11-10-17(15-13(11)9-12)8-7-16-5-1-2-6-16/h3-4,9-10H,1-2,5-8,14H2. The van der Waals surface area contributed by atoms with Gasteiger partial charge in [-0.3, -0.25) is 4.68 Å². The molecule has 2 N–H and O–H groups in total. The third kappa shape index (κ3) is 2.26. The summed E-state index contributed by atoms with van der Waals surface area (Å²) < 4.78 is 2.03. The van der Waals surface area contributed by atoms with Gasteiger partial charge in [0.25, 0.3) is 0 Å². The Morgan fingerprint density at radius 3 is 2.82 bits per heavy atom. The first-order chi connectivity index (χ1) is 8.31. The Morgan fingerprint density at radius 2 is 2.00 bits per heavy atom. The Balaban J connectivity index is 1.72. The van der Waals surface area contributed by atoms with E-state index in [2.05, 4.69) is 16.2 Å². The second-order valence-electron chi connectivity index (χ2n) is 4.76. The van der Waals surface area contributed by atoms with E-state index in [1.165, 1.54) is 31.3 Å². The predicted octanol–water partition coefficient (Wildman–Crippen LogP) is 1.71. The predicted molar refractivity (Wildman–Crippen MR) is 69.8 cm³/mol. The molecule has 0 bridgehead atoms. The summed E-state index contributed by atoms with van der Waals surface area (Å²) in [4.78, 5) is 2.50. The average Bonchev–Trinajstić information content (AvgIpc) is 2.94. The molecule has 4 nitrogen and oxygen atoms in total. The van der Waals surface area contributed by atoms with Gasteiger partial charge in [-0.2, -0.15) is 5.10 Å². The van der Waals surface area contributed by atoms with Crippen LogP contribution in [0.25, 0.3) is 10.9 Å². The summed E-state index contributed by atoms with van der Waals surface area (Å²) in [5, 5.41) is 5.71. The Labute approximate surface area is 101 Å². The molecule has 1 aliphatic heterocycles. The molecule has 0 atom stereocenters. The van der Waals surface area contributed by atoms with E-state index < -0.39 is 0 Å². The second kappa shape index (κ2) is 4.37. The van der Waals surface area contributed by atoms with Crippen molar-refractivity contribution in [2.45, 2.75) is 19.4 Å². The third-order valence-corrected chi connectivity index (χ3v) is 3.42. The molecular weight excluding hydrogens is 212 g/mol. The maximum absolute atomic E-state index is 5.75. The molecule has 4 heteroatoms. The second-order valence-corrected chi connectivity index (χ2v) is 4.76. The van der Waals surface area contributed by atoms with Gasteiger partial charge in [-0.1, -0.05) is 0 Å². The zero-order valence-corrected chi connectivity index (χ0v) is 9.97. The number of rotatable bonds is 3. The van der Waals surface area contributed by atoms with Gasteiger partial charge in [0.2, 0.25) is 0 Å². The topological polar surface area (TPSA) is 47.1 Å². The molecule has 17 heavy (non-hydrogen) atoms. The van der Waals surface area contributed by atoms with E-state index in [0.29, 0.717) is 0 Å². The van der Waals surface area contributed by atoms with Crippen molar-refractivity contribution in [2.75, 3.05) is 25.4 Å². The van der Waals surface area contributed by atoms with E-state index in [0.717, 1.165) is 24.3 Å². The van der Waals surface area contributed by atoms with Crippen LogP contribution in [0.3, 0.4) is 0 Å². The number of benzene rings is 1. The van der Waals surface area contributed by atoms with Gasteiger partial charge >= 0.3 is 0 Å². The molecule has 0 spiro atoms. The third-order valence-electron chi connectivity index (χ3n) is 3.42. The number of anilines is 1. The molecule has 1 aliphatic rings. The van der Waals surface area contributed by atoms with Gasteiger partial charge in [-0.25, -0.2) is 0 Å². The first kappa shape index (κ1) is 10.6. The van der Waals surface area contributed by atoms with Crippen molar-refractivity contribution in [3.63, 3.8) is 0 Å². The van der Waals surface area contributed by atoms with Gasteiger partial charge in [0.15, 0.2) is 0 Å². The molecule has 1 fully saturated rings. The molecule has 3 rings (SSSR count). The van der Waals surface area contributed by atoms with Crippen molar-refractivity contribution in [1.82, 2.24) is 14.7 Å². The van der Waals surface area contributed by atoms with Gasteiger partial charge in [0.1, 0.15) is 0 Å². The number of likely N-dealkylation sites (tertiary alicyclic amines) is 1. The lowest BCUT2D eigenvalue weighted by Gasteiger charge is -2.13. The van der Waals surface area contributed by atoms with Crippen LogP contribution >= 0.6 is 0 Å². The fourth-order valence-corrected chi connectivity index (χ4v) is 2.45. The zero-order valence-electron chi connectivity index (χ0n) is 9.97. The van der Waals surface area contributed by atoms with Crippen molar-refractivity contribution in [3.05, 3.63) is 24.4 Å². The summed E-state index contributed by atoms with van der Waals surface area (Å²) in [5.74, 6) is 0. The molecule has 90 valence electrons. The van der Waals surface area contributed by atoms with E-state index in [-0.39, 0.29) is 0 Å². The highest BCUT2D eigenvalue weighted by Crippen LogP contribution is 2.15. The van der Waals surface area contributed by atoms with Crippen molar-refractivity contribution in [3.8, 4) is 0 Å². The fourth-order valence-electron chi connectivity index (χ4n) is 2.45. The van der Waals surface area contributed by atoms with Crippen LogP contribution in [0.2, 0.25) is 0 Å². The number of hydrogen-bond donors (Lipinski definition) is 1. The summed E-state index contributed by atoms with van der Waals surface area (Å²) in [7, 11) is 0. The fraction of sp³-hybridized carbons (Fsp3) is 0.462. The Morgan fingerprint density at radius 1 is 1.18 bits per heavy atom. The van der Waals surface area contributed by atoms with Gasteiger partial charge in [-0.15, -0.1) is 0 Å². The highest BCUT2D eigenvalue weighted by atomic mass is 15.3. The number of hydrogen-bond acceptors (Lipinski definition) is 3. The lowest BCUT2D eigenvalue weighted by atomic mass is 10.2. The Kier molecular flexibility index (Phi) is 2.73. The SMILES string of the molecule is Nc1ccc2cn(CCN3CCCC3)nc2c1. The number of aromatic nitrogens is 2. The maximum Gasteiger partial charge on any atom is 0.0943 e. The molecule has 1 aromatic heterocycles. The van der Waals surface area contributed by atoms with Gasteiger partial charge < -0.3 is 10.6 Å². The molecule has 2 aromatic rings. The molecule has 2 heterocycles. The molecule has 0 amide bonds. The minimum Gasteiger partial charge on any atom is -0.399 e. The molecule has 0 unspecified atom stereocenters. The number of nitrogens with two attached hydrogens (primary N) is 1. The molecule has 0 aliphatic carbocycles. The van der Waals surface area contributed by atoms with E-state index in [9.17, 15) is 0 Å². The smallest absolute Gasteiger partial charge is 0.0943 e. The summed E-state index contributed by atoms with van der Waals surface area (Å²) in [6, 6.07) is 5.89. The lowest BCUT2D eigenvalue weighted by molar-refractivity contribution is 0.316. The van der Waals surface area contributed by atoms with Gasteiger partial charge in [0, 0.05) is 23.8 Å². The van der Waals surface area contributed by atoms with Gasteiger partial charge in [-0.05, 0) is 44.1 Å². The summed E-state index contributed by atoms with van der Waals surface area (Å²) >= 11 is 0. The monoisotopic (exact) mass is 230 g/mol. The first-order valence-electron chi connectivity index (χ1n) is 6.26. The normalized spacial score (nSPS) is 16.9. The van der Waals surface area contributed by atoms with Crippen LogP contribution in [0.15, 0.2) is 24.4 Å². The van der Waals surface area contributed by atoms with Crippen LogP contribution in [-0.4, -0.2) is 34.3 Å². The Hall–Kier alpha value is -1.55. The highest BCUT2D eigenvalue weighted by Gasteiger charge is 2.11. The van der Waals surface area contributed by atoms with E-state index in [1.54, 1.807) is 0 Å². The van der Waals surface area contributed by atoms with Crippen LogP contribution in [0, 0.1) is 0 Å². The van der Waals surface area contributed by atoms with E-state index in [4.69, 9.17) is 5.73 Å². The summed E-state index contributed by atoms with van der Waals surface area (Å²) in [5.41, 5.74) is 7.52. The van der Waals surface area contributed by atoms with Crippen molar-refractivity contribution >= 4 is 16.6 Å². The van der Waals surface area contributed by atoms with E-state index in [1.807, 2.05) is 22.9 Å². The quantitative estimate of drug-likeness (QED) is 0.817. The average molecular weight is 230 g/mol. The van der Waals surface area contributed by atoms with Crippen LogP contribution in [0.5, 0.6) is 0 Å². The minimum atomic E-state index is 0.780. The van der Waals surface area contributed by atoms with Crippen LogP contribution in [0.4, 0.5) is 5.69 Å². The van der Waals surface area contributed by atoms with Crippen LogP contribution < -0.4 is 5.73 Å². The Bertz CT molecular complexity index is 511. The molecule has 1 saturated heterocycles. The zero-order chi connectivity index (χ0) is 11.7. The summed E-state index contributed by atoms with van der Waals surface area (Å²) in [6.07, 6.45) is 4.79. The minimum absolute atomic E-state index is 0.780. The largest absolute Gasteiger partial charge is 0.399 e. The molecular formula is C13H18N4. The van der Waals surface area contributed by atoms with Gasteiger partial charge in [0.05, 0.1) is 12.1 Å². The van der Waals surface area contributed by atoms with Crippen molar-refractivity contribution in [1.29, 1.82) is 0 Å². The number of fused-ring (bicyclic) bond motifs is 1. The first-order valence-corrected chi connectivity index (χ1v) is 6.26. The van der Waals surface area contributed by atoms with Crippen LogP contribution in [0.1, 0.15) is 12.8 Å². The number of nitrogen functional groups attached to an aromatic ring is 1. The van der Waals surface area contributed by atoms with Crippen LogP contribution in [-0.2, 0) is 6.54 Å². The highest BCUT2D eigenvalue weighted by molar-refractivity contribution is 5.81. The molecule has 1 aromatic carbocycles. The lowest BCUT2D eigenvalue weighted by Crippen LogP contribution is -2.24. The maximum atomic E-state index is 5.75. The summed E-state index contributed by atoms with van der Waals surface area (Å²) in [6.45, 7) is 4.56. The number of nitrogens with zero attached hydrogens (tertiary/aromatic N) is 3. The van der Waals surface area contributed by atoms with Crippen molar-refractivity contribution in [2.24, 2.45) is 0 Å². The van der Waals surface area contributed by atoms with E-state index >= 15 is 0 Å².